The van der Waals surface area contributed by atoms with Crippen LogP contribution >= 0.6 is 0 Å². The second kappa shape index (κ2) is 11.9. The first-order chi connectivity index (χ1) is 18.3. The summed E-state index contributed by atoms with van der Waals surface area (Å²) in [6.07, 6.45) is 1.95. The quantitative estimate of drug-likeness (QED) is 0.200. The van der Waals surface area contributed by atoms with Crippen molar-refractivity contribution in [3.8, 4) is 0 Å². The molecular formula is C35H30N2. The van der Waals surface area contributed by atoms with E-state index in [4.69, 9.17) is 9.98 Å². The third kappa shape index (κ3) is 6.17. The van der Waals surface area contributed by atoms with Gasteiger partial charge in [-0.25, -0.2) is 0 Å². The Morgan fingerprint density at radius 3 is 1.27 bits per heavy atom. The molecular weight excluding hydrogens is 448 g/mol. The van der Waals surface area contributed by atoms with Gasteiger partial charge in [0.05, 0.1) is 11.8 Å². The summed E-state index contributed by atoms with van der Waals surface area (Å²) in [7, 11) is 0. The van der Waals surface area contributed by atoms with Crippen molar-refractivity contribution in [2.45, 2.75) is 19.0 Å². The first kappa shape index (κ1) is 24.1. The number of aryl methyl sites for hydroxylation is 1. The van der Waals surface area contributed by atoms with E-state index in [2.05, 4.69) is 128 Å². The van der Waals surface area contributed by atoms with E-state index in [0.29, 0.717) is 0 Å². The molecule has 0 fully saturated rings. The highest BCUT2D eigenvalue weighted by Gasteiger charge is 2.16. The maximum atomic E-state index is 5.34. The minimum Gasteiger partial charge on any atom is -0.278 e. The number of benzene rings is 5. The molecule has 0 saturated heterocycles. The zero-order valence-electron chi connectivity index (χ0n) is 21.0. The Kier molecular flexibility index (Phi) is 7.78. The van der Waals surface area contributed by atoms with Crippen LogP contribution in [-0.2, 0) is 0 Å². The van der Waals surface area contributed by atoms with Crippen molar-refractivity contribution in [2.24, 2.45) is 9.98 Å². The number of rotatable bonds is 8. The van der Waals surface area contributed by atoms with E-state index in [9.17, 15) is 0 Å². The Bertz CT molecular complexity index is 1360. The molecule has 2 heteroatoms. The van der Waals surface area contributed by atoms with Gasteiger partial charge in [0.2, 0.25) is 0 Å². The normalized spacial score (nSPS) is 11.9. The highest BCUT2D eigenvalue weighted by atomic mass is 14.8. The van der Waals surface area contributed by atoms with Crippen LogP contribution in [0, 0.1) is 6.92 Å². The van der Waals surface area contributed by atoms with Crippen LogP contribution < -0.4 is 0 Å². The lowest BCUT2D eigenvalue weighted by atomic mass is 9.98. The van der Waals surface area contributed by atoms with Gasteiger partial charge in [-0.2, -0.15) is 0 Å². The molecule has 5 aromatic carbocycles. The SMILES string of the molecule is Cc1ccc(C(/C=N/C(c2ccccc2)c2ccccc2)=N\C(c2ccccc2)c2ccccc2)cc1. The minimum absolute atomic E-state index is 0.120. The summed E-state index contributed by atoms with van der Waals surface area (Å²) in [5.41, 5.74) is 7.71. The molecule has 0 aliphatic heterocycles. The monoisotopic (exact) mass is 478 g/mol. The smallest absolute Gasteiger partial charge is 0.101 e. The molecule has 37 heavy (non-hydrogen) atoms. The van der Waals surface area contributed by atoms with E-state index in [1.54, 1.807) is 0 Å². The number of aliphatic imine (C=N–C) groups is 2. The molecule has 0 aliphatic rings. The van der Waals surface area contributed by atoms with Gasteiger partial charge in [0.15, 0.2) is 0 Å². The molecule has 0 radical (unpaired) electrons. The zero-order chi connectivity index (χ0) is 25.3. The van der Waals surface area contributed by atoms with Crippen LogP contribution in [0.5, 0.6) is 0 Å². The van der Waals surface area contributed by atoms with Crippen molar-refractivity contribution >= 4 is 11.9 Å². The second-order valence-electron chi connectivity index (χ2n) is 9.11. The molecule has 0 aliphatic carbocycles. The lowest BCUT2D eigenvalue weighted by molar-refractivity contribution is 0.869. The first-order valence-corrected chi connectivity index (χ1v) is 12.7. The molecule has 5 rings (SSSR count). The van der Waals surface area contributed by atoms with Crippen LogP contribution in [0.4, 0.5) is 0 Å². The standard InChI is InChI=1S/C35H30N2/c1-27-22-24-28(25-23-27)33(37-35(31-18-10-4-11-19-31)32-20-12-5-13-21-32)26-36-34(29-14-6-2-7-15-29)30-16-8-3-9-17-30/h2-26,34-35H,1H3/b36-26+,37-33-. The van der Waals surface area contributed by atoms with Crippen molar-refractivity contribution in [2.75, 3.05) is 0 Å². The van der Waals surface area contributed by atoms with Crippen molar-refractivity contribution < 1.29 is 0 Å². The molecule has 0 atom stereocenters. The summed E-state index contributed by atoms with van der Waals surface area (Å²) in [5, 5.41) is 0. The van der Waals surface area contributed by atoms with Gasteiger partial charge in [-0.15, -0.1) is 0 Å². The van der Waals surface area contributed by atoms with Crippen molar-refractivity contribution in [1.82, 2.24) is 0 Å². The van der Waals surface area contributed by atoms with Gasteiger partial charge >= 0.3 is 0 Å². The molecule has 0 bridgehead atoms. The van der Waals surface area contributed by atoms with E-state index in [-0.39, 0.29) is 12.1 Å². The maximum absolute atomic E-state index is 5.34. The summed E-state index contributed by atoms with van der Waals surface area (Å²) >= 11 is 0. The van der Waals surface area contributed by atoms with Gasteiger partial charge in [0, 0.05) is 11.8 Å². The Labute approximate surface area is 219 Å². The van der Waals surface area contributed by atoms with E-state index in [1.807, 2.05) is 30.5 Å². The van der Waals surface area contributed by atoms with Crippen LogP contribution in [0.3, 0.4) is 0 Å². The molecule has 0 aromatic heterocycles. The van der Waals surface area contributed by atoms with Gasteiger partial charge < -0.3 is 0 Å². The fourth-order valence-corrected chi connectivity index (χ4v) is 4.44. The topological polar surface area (TPSA) is 24.7 Å². The summed E-state index contributed by atoms with van der Waals surface area (Å²) in [6.45, 7) is 2.10. The van der Waals surface area contributed by atoms with Crippen LogP contribution in [0.2, 0.25) is 0 Å². The second-order valence-corrected chi connectivity index (χ2v) is 9.11. The molecule has 0 amide bonds. The third-order valence-electron chi connectivity index (χ3n) is 6.42. The van der Waals surface area contributed by atoms with Crippen molar-refractivity contribution in [3.63, 3.8) is 0 Å². The predicted molar refractivity (Wildman–Crippen MR) is 156 cm³/mol. The van der Waals surface area contributed by atoms with Gasteiger partial charge in [-0.05, 0) is 29.2 Å². The Morgan fingerprint density at radius 1 is 0.486 bits per heavy atom. The molecule has 180 valence electrons. The number of hydrogen-bond donors (Lipinski definition) is 0. The van der Waals surface area contributed by atoms with Crippen LogP contribution in [0.25, 0.3) is 0 Å². The lowest BCUT2D eigenvalue weighted by Gasteiger charge is -2.17. The average molecular weight is 479 g/mol. The van der Waals surface area contributed by atoms with Crippen LogP contribution in [0.15, 0.2) is 156 Å². The minimum atomic E-state index is -0.142. The summed E-state index contributed by atoms with van der Waals surface area (Å²) in [5.74, 6) is 0. The largest absolute Gasteiger partial charge is 0.278 e. The average Bonchev–Trinajstić information content (AvgIpc) is 2.97. The zero-order valence-corrected chi connectivity index (χ0v) is 21.0. The molecule has 0 unspecified atom stereocenters. The van der Waals surface area contributed by atoms with Gasteiger partial charge in [0.1, 0.15) is 6.04 Å². The molecule has 0 heterocycles. The number of hydrogen-bond acceptors (Lipinski definition) is 2. The lowest BCUT2D eigenvalue weighted by Crippen LogP contribution is -2.10. The van der Waals surface area contributed by atoms with Crippen LogP contribution in [-0.4, -0.2) is 11.9 Å². The Morgan fingerprint density at radius 2 is 0.865 bits per heavy atom. The summed E-state index contributed by atoms with van der Waals surface area (Å²) in [6, 6.07) is 50.1. The summed E-state index contributed by atoms with van der Waals surface area (Å²) < 4.78 is 0. The van der Waals surface area contributed by atoms with Crippen molar-refractivity contribution in [3.05, 3.63) is 179 Å². The van der Waals surface area contributed by atoms with E-state index < -0.39 is 0 Å². The summed E-state index contributed by atoms with van der Waals surface area (Å²) in [4.78, 5) is 10.5. The fraction of sp³-hybridized carbons (Fsp3) is 0.0857. The molecule has 0 saturated carbocycles. The van der Waals surface area contributed by atoms with Crippen molar-refractivity contribution in [1.29, 1.82) is 0 Å². The van der Waals surface area contributed by atoms with Gasteiger partial charge in [0.25, 0.3) is 0 Å². The van der Waals surface area contributed by atoms with E-state index >= 15 is 0 Å². The Balaban J connectivity index is 1.63. The Hall–Kier alpha value is -4.56. The third-order valence-corrected chi connectivity index (χ3v) is 6.42. The van der Waals surface area contributed by atoms with Gasteiger partial charge in [-0.3, -0.25) is 9.98 Å². The number of nitrogens with zero attached hydrogens (tertiary/aromatic N) is 2. The van der Waals surface area contributed by atoms with E-state index in [1.165, 1.54) is 5.56 Å². The van der Waals surface area contributed by atoms with Gasteiger partial charge in [-0.1, -0.05) is 151 Å². The first-order valence-electron chi connectivity index (χ1n) is 12.7. The fourth-order valence-electron chi connectivity index (χ4n) is 4.44. The van der Waals surface area contributed by atoms with E-state index in [0.717, 1.165) is 33.5 Å². The van der Waals surface area contributed by atoms with Crippen LogP contribution in [0.1, 0.15) is 45.5 Å². The molecule has 5 aromatic rings. The maximum Gasteiger partial charge on any atom is 0.101 e. The predicted octanol–water partition coefficient (Wildman–Crippen LogP) is 8.43. The molecule has 2 nitrogen and oxygen atoms in total. The molecule has 0 N–H and O–H groups in total. The highest BCUT2D eigenvalue weighted by molar-refractivity contribution is 6.38. The highest BCUT2D eigenvalue weighted by Crippen LogP contribution is 2.28. The molecule has 0 spiro atoms.